The van der Waals surface area contributed by atoms with Gasteiger partial charge in [0, 0.05) is 0 Å². The van der Waals surface area contributed by atoms with E-state index in [0.717, 1.165) is 11.1 Å². The number of hydrogen-bond acceptors (Lipinski definition) is 3. The first-order valence-electron chi connectivity index (χ1n) is 7.23. The van der Waals surface area contributed by atoms with Crippen LogP contribution in [0.4, 0.5) is 13.2 Å². The van der Waals surface area contributed by atoms with Crippen LogP contribution in [0.1, 0.15) is 20.8 Å². The van der Waals surface area contributed by atoms with Crippen molar-refractivity contribution in [2.75, 3.05) is 0 Å². The Morgan fingerprint density at radius 1 is 0.792 bits per heavy atom. The van der Waals surface area contributed by atoms with Gasteiger partial charge in [-0.1, -0.05) is 24.3 Å². The maximum atomic E-state index is 12.1. The van der Waals surface area contributed by atoms with Gasteiger partial charge >= 0.3 is 6.36 Å². The summed E-state index contributed by atoms with van der Waals surface area (Å²) < 4.78 is 45.9. The average molecular weight is 338 g/mol. The molecule has 0 atom stereocenters. The average Bonchev–Trinajstić information content (AvgIpc) is 2.47. The zero-order valence-electron chi connectivity index (χ0n) is 13.5. The summed E-state index contributed by atoms with van der Waals surface area (Å²) in [5.41, 5.74) is 0.626. The molecule has 128 valence electrons. The van der Waals surface area contributed by atoms with Gasteiger partial charge in [-0.15, -0.1) is 13.2 Å². The second kappa shape index (κ2) is 6.55. The molecule has 0 N–H and O–H groups in total. The second-order valence-electron chi connectivity index (χ2n) is 5.77. The molecule has 0 aliphatic rings. The summed E-state index contributed by atoms with van der Waals surface area (Å²) in [5.74, 6) is 0.178. The van der Waals surface area contributed by atoms with E-state index in [4.69, 9.17) is 4.74 Å². The predicted molar refractivity (Wildman–Crippen MR) is 83.9 cm³/mol. The topological polar surface area (TPSA) is 35.5 Å². The van der Waals surface area contributed by atoms with Gasteiger partial charge in [0.15, 0.2) is 11.4 Å². The van der Waals surface area contributed by atoms with E-state index in [2.05, 4.69) is 4.74 Å². The fourth-order valence-corrected chi connectivity index (χ4v) is 1.93. The van der Waals surface area contributed by atoms with Crippen LogP contribution < -0.4 is 9.47 Å². The molecule has 0 aliphatic carbocycles. The molecule has 3 nitrogen and oxygen atoms in total. The molecule has 0 bridgehead atoms. The van der Waals surface area contributed by atoms with Crippen molar-refractivity contribution in [1.29, 1.82) is 0 Å². The molecule has 0 saturated carbocycles. The molecule has 0 radical (unpaired) electrons. The normalized spacial score (nSPS) is 11.9. The summed E-state index contributed by atoms with van der Waals surface area (Å²) in [6.45, 7) is 4.82. The summed E-state index contributed by atoms with van der Waals surface area (Å²) >= 11 is 0. The van der Waals surface area contributed by atoms with Crippen molar-refractivity contribution in [1.82, 2.24) is 0 Å². The van der Waals surface area contributed by atoms with Crippen LogP contribution in [0.15, 0.2) is 48.5 Å². The monoisotopic (exact) mass is 338 g/mol. The molecule has 0 fully saturated rings. The Morgan fingerprint density at radius 3 is 1.50 bits per heavy atom. The minimum Gasteiger partial charge on any atom is -0.480 e. The third-order valence-corrected chi connectivity index (χ3v) is 3.50. The third kappa shape index (κ3) is 4.75. The molecule has 2 aromatic rings. The molecule has 0 aromatic heterocycles. The molecular formula is C18H17F3O3. The summed E-state index contributed by atoms with van der Waals surface area (Å²) in [6.07, 6.45) is -4.70. The minimum atomic E-state index is -4.70. The van der Waals surface area contributed by atoms with Gasteiger partial charge in [0.2, 0.25) is 0 Å². The van der Waals surface area contributed by atoms with Crippen molar-refractivity contribution < 1.29 is 27.4 Å². The largest absolute Gasteiger partial charge is 0.573 e. The first kappa shape index (κ1) is 17.8. The van der Waals surface area contributed by atoms with Crippen LogP contribution in [0.3, 0.4) is 0 Å². The number of Topliss-reactive ketones (excluding diaryl/α,β-unsaturated/α-hetero) is 1. The van der Waals surface area contributed by atoms with Crippen molar-refractivity contribution in [3.8, 4) is 22.6 Å². The summed E-state index contributed by atoms with van der Waals surface area (Å²) in [6, 6.07) is 12.5. The quantitative estimate of drug-likeness (QED) is 0.770. The molecule has 6 heteroatoms. The second-order valence-corrected chi connectivity index (χ2v) is 5.77. The fourth-order valence-electron chi connectivity index (χ4n) is 1.93. The number of ketones is 1. The van der Waals surface area contributed by atoms with E-state index in [1.807, 2.05) is 0 Å². The van der Waals surface area contributed by atoms with Crippen LogP contribution in [-0.2, 0) is 4.79 Å². The number of benzene rings is 2. The standard InChI is InChI=1S/C18H17F3O3/c1-12(22)17(2,3)23-15-8-4-13(5-9-15)14-6-10-16(11-7-14)24-18(19,20)21/h4-11H,1-3H3. The Hall–Kier alpha value is -2.50. The highest BCUT2D eigenvalue weighted by Crippen LogP contribution is 2.28. The summed E-state index contributed by atoms with van der Waals surface area (Å²) in [4.78, 5) is 11.5. The number of alkyl halides is 3. The van der Waals surface area contributed by atoms with Crippen LogP contribution in [0.2, 0.25) is 0 Å². The lowest BCUT2D eigenvalue weighted by Crippen LogP contribution is -2.36. The Kier molecular flexibility index (Phi) is 4.87. The van der Waals surface area contributed by atoms with Gasteiger partial charge in [0.25, 0.3) is 0 Å². The van der Waals surface area contributed by atoms with Gasteiger partial charge in [-0.3, -0.25) is 4.79 Å². The van der Waals surface area contributed by atoms with E-state index in [1.54, 1.807) is 38.1 Å². The Labute approximate surface area is 138 Å². The molecule has 0 unspecified atom stereocenters. The third-order valence-electron chi connectivity index (χ3n) is 3.50. The van der Waals surface area contributed by atoms with Crippen LogP contribution >= 0.6 is 0 Å². The van der Waals surface area contributed by atoms with Gasteiger partial charge in [-0.05, 0) is 56.2 Å². The predicted octanol–water partition coefficient (Wildman–Crippen LogP) is 5.00. The molecule has 2 rings (SSSR count). The highest BCUT2D eigenvalue weighted by Gasteiger charge is 2.31. The molecule has 0 spiro atoms. The molecular weight excluding hydrogens is 321 g/mol. The highest BCUT2D eigenvalue weighted by atomic mass is 19.4. The number of hydrogen-bond donors (Lipinski definition) is 0. The van der Waals surface area contributed by atoms with Crippen molar-refractivity contribution in [3.63, 3.8) is 0 Å². The van der Waals surface area contributed by atoms with Gasteiger partial charge in [-0.25, -0.2) is 0 Å². The van der Waals surface area contributed by atoms with Crippen molar-refractivity contribution in [2.24, 2.45) is 0 Å². The number of rotatable bonds is 5. The molecule has 0 amide bonds. The van der Waals surface area contributed by atoms with Gasteiger partial charge in [0.1, 0.15) is 11.5 Å². The number of carbonyl (C=O) groups is 1. The smallest absolute Gasteiger partial charge is 0.480 e. The van der Waals surface area contributed by atoms with Crippen molar-refractivity contribution in [2.45, 2.75) is 32.7 Å². The van der Waals surface area contributed by atoms with E-state index in [0.29, 0.717) is 5.75 Å². The van der Waals surface area contributed by atoms with E-state index in [1.165, 1.54) is 31.2 Å². The van der Waals surface area contributed by atoms with E-state index < -0.39 is 12.0 Å². The summed E-state index contributed by atoms with van der Waals surface area (Å²) in [7, 11) is 0. The Balaban J connectivity index is 2.12. The van der Waals surface area contributed by atoms with Gasteiger partial charge < -0.3 is 9.47 Å². The molecule has 0 saturated heterocycles. The SMILES string of the molecule is CC(=O)C(C)(C)Oc1ccc(-c2ccc(OC(F)(F)F)cc2)cc1. The van der Waals surface area contributed by atoms with E-state index >= 15 is 0 Å². The Bertz CT molecular complexity index is 702. The zero-order valence-corrected chi connectivity index (χ0v) is 13.5. The van der Waals surface area contributed by atoms with E-state index in [9.17, 15) is 18.0 Å². The first-order valence-corrected chi connectivity index (χ1v) is 7.23. The summed E-state index contributed by atoms with van der Waals surface area (Å²) in [5, 5.41) is 0. The lowest BCUT2D eigenvalue weighted by molar-refractivity contribution is -0.274. The highest BCUT2D eigenvalue weighted by molar-refractivity contribution is 5.84. The van der Waals surface area contributed by atoms with Crippen LogP contribution in [-0.4, -0.2) is 17.7 Å². The fraction of sp³-hybridized carbons (Fsp3) is 0.278. The zero-order chi connectivity index (χ0) is 18.0. The van der Waals surface area contributed by atoms with Crippen LogP contribution in [0, 0.1) is 0 Å². The van der Waals surface area contributed by atoms with Crippen molar-refractivity contribution in [3.05, 3.63) is 48.5 Å². The van der Waals surface area contributed by atoms with Crippen LogP contribution in [0.5, 0.6) is 11.5 Å². The lowest BCUT2D eigenvalue weighted by Gasteiger charge is -2.23. The first-order chi connectivity index (χ1) is 11.1. The number of carbonyl (C=O) groups excluding carboxylic acids is 1. The van der Waals surface area contributed by atoms with Gasteiger partial charge in [-0.2, -0.15) is 0 Å². The number of halogens is 3. The van der Waals surface area contributed by atoms with E-state index in [-0.39, 0.29) is 11.5 Å². The maximum Gasteiger partial charge on any atom is 0.573 e. The number of ether oxygens (including phenoxy) is 2. The molecule has 0 heterocycles. The maximum absolute atomic E-state index is 12.1. The minimum absolute atomic E-state index is 0.0909. The van der Waals surface area contributed by atoms with Crippen LogP contribution in [0.25, 0.3) is 11.1 Å². The molecule has 2 aromatic carbocycles. The van der Waals surface area contributed by atoms with Crippen molar-refractivity contribution >= 4 is 5.78 Å². The molecule has 24 heavy (non-hydrogen) atoms. The van der Waals surface area contributed by atoms with Gasteiger partial charge in [0.05, 0.1) is 0 Å². The lowest BCUT2D eigenvalue weighted by atomic mass is 10.0. The molecule has 0 aliphatic heterocycles. The Morgan fingerprint density at radius 2 is 1.17 bits per heavy atom.